The molecule has 0 saturated carbocycles. The zero-order valence-electron chi connectivity index (χ0n) is 18.6. The number of carbonyl (C=O) groups excluding carboxylic acids is 2. The van der Waals surface area contributed by atoms with Crippen LogP contribution in [0.15, 0.2) is 76.2 Å². The van der Waals surface area contributed by atoms with E-state index in [0.717, 1.165) is 28.6 Å². The number of para-hydroxylation sites is 2. The smallest absolute Gasteiger partial charge is 0.305 e. The maximum atomic E-state index is 12.7. The van der Waals surface area contributed by atoms with E-state index in [-0.39, 0.29) is 17.4 Å². The van der Waals surface area contributed by atoms with Gasteiger partial charge < -0.3 is 4.42 Å². The molecule has 3 N–H and O–H groups in total. The van der Waals surface area contributed by atoms with Crippen LogP contribution in [0.4, 0.5) is 5.69 Å². The van der Waals surface area contributed by atoms with Gasteiger partial charge in [-0.05, 0) is 44.0 Å². The van der Waals surface area contributed by atoms with Crippen molar-refractivity contribution < 1.29 is 14.0 Å². The third-order valence-electron chi connectivity index (χ3n) is 5.75. The second-order valence-corrected chi connectivity index (χ2v) is 8.04. The fourth-order valence-corrected chi connectivity index (χ4v) is 4.07. The number of carbonyl (C=O) groups is 2. The van der Waals surface area contributed by atoms with E-state index in [0.29, 0.717) is 29.9 Å². The van der Waals surface area contributed by atoms with Crippen molar-refractivity contribution in [2.24, 2.45) is 5.10 Å². The minimum absolute atomic E-state index is 0.227. The van der Waals surface area contributed by atoms with Gasteiger partial charge >= 0.3 is 5.91 Å². The first-order chi connectivity index (χ1) is 16.6. The van der Waals surface area contributed by atoms with Crippen LogP contribution in [-0.4, -0.2) is 22.5 Å². The molecule has 4 aromatic rings. The van der Waals surface area contributed by atoms with E-state index in [4.69, 9.17) is 4.42 Å². The molecule has 2 heterocycles. The van der Waals surface area contributed by atoms with E-state index in [1.54, 1.807) is 6.07 Å². The average Bonchev–Trinajstić information content (AvgIpc) is 3.23. The predicted molar refractivity (Wildman–Crippen MR) is 130 cm³/mol. The minimum Gasteiger partial charge on any atom is -0.455 e. The number of amides is 2. The number of hydrogen-bond acceptors (Lipinski definition) is 6. The highest BCUT2D eigenvalue weighted by Crippen LogP contribution is 2.30. The molecule has 34 heavy (non-hydrogen) atoms. The Bertz CT molecular complexity index is 1410. The molecule has 0 saturated heterocycles. The number of hydrazine groups is 1. The molecule has 0 radical (unpaired) electrons. The summed E-state index contributed by atoms with van der Waals surface area (Å²) < 4.78 is 5.90. The molecular formula is C26H23N5O3. The van der Waals surface area contributed by atoms with Crippen LogP contribution >= 0.6 is 0 Å². The van der Waals surface area contributed by atoms with Crippen LogP contribution in [-0.2, 0) is 6.42 Å². The lowest BCUT2D eigenvalue weighted by Crippen LogP contribution is -2.29. The number of nitrogens with one attached hydrogen (secondary N) is 3. The van der Waals surface area contributed by atoms with Crippen molar-refractivity contribution in [1.82, 2.24) is 15.8 Å². The summed E-state index contributed by atoms with van der Waals surface area (Å²) in [6, 6.07) is 20.5. The maximum Gasteiger partial charge on any atom is 0.305 e. The highest BCUT2D eigenvalue weighted by molar-refractivity contribution is 6.07. The van der Waals surface area contributed by atoms with Crippen LogP contribution in [0.3, 0.4) is 0 Å². The van der Waals surface area contributed by atoms with Crippen LogP contribution < -0.4 is 16.3 Å². The lowest BCUT2D eigenvalue weighted by atomic mass is 9.93. The molecule has 1 aliphatic carbocycles. The fourth-order valence-electron chi connectivity index (χ4n) is 4.07. The van der Waals surface area contributed by atoms with Gasteiger partial charge in [0.2, 0.25) is 0 Å². The standard InChI is InChI=1S/C26H23N5O3/c1-16-23-20(29-30-25(32)21-15-14-17-8-5-6-11-19(17)27-21)12-7-13-22(23)34-24(16)26(33)31-28-18-9-3-2-4-10-18/h2-6,8-11,14-15,28H,7,12-13H2,1H3,(H,30,32)(H,31,33)/b29-20+. The lowest BCUT2D eigenvalue weighted by molar-refractivity contribution is 0.0930. The van der Waals surface area contributed by atoms with E-state index >= 15 is 0 Å². The summed E-state index contributed by atoms with van der Waals surface area (Å²) in [5.74, 6) is 0.159. The van der Waals surface area contributed by atoms with E-state index in [2.05, 4.69) is 26.4 Å². The summed E-state index contributed by atoms with van der Waals surface area (Å²) in [7, 11) is 0. The molecule has 8 heteroatoms. The third kappa shape index (κ3) is 4.25. The maximum absolute atomic E-state index is 12.7. The number of pyridine rings is 1. The monoisotopic (exact) mass is 453 g/mol. The van der Waals surface area contributed by atoms with E-state index in [1.165, 1.54) is 0 Å². The summed E-state index contributed by atoms with van der Waals surface area (Å²) >= 11 is 0. The molecule has 0 spiro atoms. The van der Waals surface area contributed by atoms with Gasteiger partial charge in [-0.3, -0.25) is 20.4 Å². The molecule has 2 aromatic heterocycles. The van der Waals surface area contributed by atoms with Crippen molar-refractivity contribution in [3.8, 4) is 0 Å². The van der Waals surface area contributed by atoms with Crippen LogP contribution in [0.1, 0.15) is 50.8 Å². The van der Waals surface area contributed by atoms with Crippen molar-refractivity contribution in [2.45, 2.75) is 26.2 Å². The zero-order chi connectivity index (χ0) is 23.5. The number of nitrogens with zero attached hydrogens (tertiary/aromatic N) is 2. The normalized spacial score (nSPS) is 14.0. The SMILES string of the molecule is Cc1c(C(=O)NNc2ccccc2)oc2c1/C(=N/NC(=O)c1ccc3ccccc3n1)CCC2. The van der Waals surface area contributed by atoms with E-state index in [9.17, 15) is 9.59 Å². The topological polar surface area (TPSA) is 109 Å². The number of fused-ring (bicyclic) bond motifs is 2. The second-order valence-electron chi connectivity index (χ2n) is 8.04. The van der Waals surface area contributed by atoms with Crippen molar-refractivity contribution in [1.29, 1.82) is 0 Å². The predicted octanol–water partition coefficient (Wildman–Crippen LogP) is 4.36. The first-order valence-corrected chi connectivity index (χ1v) is 11.1. The summed E-state index contributed by atoms with van der Waals surface area (Å²) in [5, 5.41) is 5.34. The number of hydrazone groups is 1. The lowest BCUT2D eigenvalue weighted by Gasteiger charge is -2.13. The Morgan fingerprint density at radius 3 is 2.59 bits per heavy atom. The van der Waals surface area contributed by atoms with Gasteiger partial charge in [0.15, 0.2) is 5.76 Å². The zero-order valence-corrected chi connectivity index (χ0v) is 18.6. The van der Waals surface area contributed by atoms with Gasteiger partial charge in [-0.1, -0.05) is 42.5 Å². The molecule has 0 atom stereocenters. The molecule has 0 bridgehead atoms. The summed E-state index contributed by atoms with van der Waals surface area (Å²) in [5.41, 5.74) is 12.1. The Morgan fingerprint density at radius 2 is 1.74 bits per heavy atom. The minimum atomic E-state index is -0.392. The fraction of sp³-hybridized carbons (Fsp3) is 0.154. The highest BCUT2D eigenvalue weighted by Gasteiger charge is 2.28. The number of furan rings is 1. The second kappa shape index (κ2) is 9.19. The van der Waals surface area contributed by atoms with Crippen LogP contribution in [0.5, 0.6) is 0 Å². The average molecular weight is 454 g/mol. The molecule has 0 unspecified atom stereocenters. The molecule has 170 valence electrons. The van der Waals surface area contributed by atoms with Gasteiger partial charge in [-0.25, -0.2) is 10.4 Å². The first-order valence-electron chi connectivity index (χ1n) is 11.1. The molecule has 2 amide bonds. The molecule has 0 aliphatic heterocycles. The van der Waals surface area contributed by atoms with Crippen LogP contribution in [0.2, 0.25) is 0 Å². The van der Waals surface area contributed by atoms with Crippen LogP contribution in [0.25, 0.3) is 10.9 Å². The van der Waals surface area contributed by atoms with Crippen molar-refractivity contribution in [3.63, 3.8) is 0 Å². The van der Waals surface area contributed by atoms with Gasteiger partial charge in [0.05, 0.1) is 16.9 Å². The van der Waals surface area contributed by atoms with Gasteiger partial charge in [-0.15, -0.1) is 0 Å². The van der Waals surface area contributed by atoms with Gasteiger partial charge in [-0.2, -0.15) is 5.10 Å². The summed E-state index contributed by atoms with van der Waals surface area (Å²) in [6.45, 7) is 1.83. The Hall–Kier alpha value is -4.46. The molecule has 5 rings (SSSR count). The van der Waals surface area contributed by atoms with Crippen molar-refractivity contribution in [2.75, 3.05) is 5.43 Å². The Morgan fingerprint density at radius 1 is 0.941 bits per heavy atom. The Kier molecular flexibility index (Phi) is 5.78. The van der Waals surface area contributed by atoms with Gasteiger partial charge in [0, 0.05) is 22.9 Å². The number of hydrogen-bond donors (Lipinski definition) is 3. The van der Waals surface area contributed by atoms with E-state index in [1.807, 2.05) is 67.6 Å². The molecule has 0 fully saturated rings. The Labute approximate surface area is 196 Å². The molecule has 1 aliphatic rings. The highest BCUT2D eigenvalue weighted by atomic mass is 16.4. The first kappa shape index (κ1) is 21.4. The Balaban J connectivity index is 1.34. The van der Waals surface area contributed by atoms with Crippen LogP contribution in [0, 0.1) is 6.92 Å². The molecule has 8 nitrogen and oxygen atoms in total. The van der Waals surface area contributed by atoms with Crippen molar-refractivity contribution >= 4 is 34.1 Å². The van der Waals surface area contributed by atoms with Crippen molar-refractivity contribution in [3.05, 3.63) is 95.1 Å². The largest absolute Gasteiger partial charge is 0.455 e. The molecular weight excluding hydrogens is 430 g/mol. The quantitative estimate of drug-likeness (QED) is 0.389. The van der Waals surface area contributed by atoms with Gasteiger partial charge in [0.1, 0.15) is 11.5 Å². The number of aryl methyl sites for hydroxylation is 1. The van der Waals surface area contributed by atoms with E-state index < -0.39 is 5.91 Å². The number of aromatic nitrogens is 1. The number of rotatable bonds is 5. The summed E-state index contributed by atoms with van der Waals surface area (Å²) in [6.07, 6.45) is 2.18. The van der Waals surface area contributed by atoms with Gasteiger partial charge in [0.25, 0.3) is 5.91 Å². The third-order valence-corrected chi connectivity index (χ3v) is 5.75. The molecule has 2 aromatic carbocycles. The summed E-state index contributed by atoms with van der Waals surface area (Å²) in [4.78, 5) is 29.8. The number of anilines is 1. The number of benzene rings is 2.